The number of aromatic nitrogens is 1. The van der Waals surface area contributed by atoms with Crippen molar-refractivity contribution in [3.63, 3.8) is 0 Å². The van der Waals surface area contributed by atoms with Crippen molar-refractivity contribution in [2.24, 2.45) is 5.10 Å². The molecule has 1 N–H and O–H groups in total. The molecule has 1 unspecified atom stereocenters. The first-order valence-corrected chi connectivity index (χ1v) is 19.5. The van der Waals surface area contributed by atoms with E-state index in [0.717, 1.165) is 77.8 Å². The molecule has 3 aromatic heterocycles. The highest BCUT2D eigenvalue weighted by atomic mass is 32.1. The molecule has 0 saturated carbocycles. The Labute approximate surface area is 309 Å². The van der Waals surface area contributed by atoms with Crippen LogP contribution in [0, 0.1) is 18.3 Å². The molecule has 0 aliphatic carbocycles. The van der Waals surface area contributed by atoms with Gasteiger partial charge >= 0.3 is 5.97 Å². The van der Waals surface area contributed by atoms with E-state index >= 15 is 0 Å². The first-order valence-electron chi connectivity index (χ1n) is 17.0. The molecule has 7 nitrogen and oxygen atoms in total. The van der Waals surface area contributed by atoms with Gasteiger partial charge in [-0.2, -0.15) is 10.4 Å². The standard InChI is InChI=1S/C41H36N4O3S3/c1-3-4-5-6-21-48-31-14-10-27(11-15-31)35-24-34(36-19-20-38(50-36)37-18-16-32(49-37)23-29(25-42)41(46)47)44-45(35)30-12-8-28(9-13-30)40-43-33-17-7-26(2)22-39(33)51-40/h7-20,22-23,35H,3-6,21,24H2,1-2H3,(H,46,47). The highest BCUT2D eigenvalue weighted by Crippen LogP contribution is 2.41. The van der Waals surface area contributed by atoms with Gasteiger partial charge in [0.05, 0.1) is 39.1 Å². The van der Waals surface area contributed by atoms with Crippen LogP contribution < -0.4 is 9.75 Å². The number of carbonyl (C=O) groups is 1. The van der Waals surface area contributed by atoms with E-state index in [9.17, 15) is 15.2 Å². The van der Waals surface area contributed by atoms with Gasteiger partial charge in [-0.3, -0.25) is 5.01 Å². The smallest absolute Gasteiger partial charge is 0.346 e. The van der Waals surface area contributed by atoms with Gasteiger partial charge in [0, 0.05) is 26.6 Å². The number of thiophene rings is 2. The number of nitrogens with zero attached hydrogens (tertiary/aromatic N) is 4. The number of ether oxygens (including phenoxy) is 1. The predicted molar refractivity (Wildman–Crippen MR) is 211 cm³/mol. The normalized spacial score (nSPS) is 14.5. The van der Waals surface area contributed by atoms with E-state index in [4.69, 9.17) is 14.8 Å². The maximum atomic E-state index is 11.3. The summed E-state index contributed by atoms with van der Waals surface area (Å²) in [6, 6.07) is 33.1. The molecule has 6 aromatic rings. The second kappa shape index (κ2) is 15.4. The average molecular weight is 729 g/mol. The molecule has 1 atom stereocenters. The quantitative estimate of drug-likeness (QED) is 0.0722. The molecule has 256 valence electrons. The minimum absolute atomic E-state index is 0.000621. The summed E-state index contributed by atoms with van der Waals surface area (Å²) < 4.78 is 7.24. The van der Waals surface area contributed by atoms with Gasteiger partial charge in [-0.25, -0.2) is 9.78 Å². The maximum absolute atomic E-state index is 11.3. The minimum atomic E-state index is -1.23. The van der Waals surface area contributed by atoms with Gasteiger partial charge in [-0.15, -0.1) is 34.0 Å². The molecule has 0 bridgehead atoms. The molecule has 10 heteroatoms. The van der Waals surface area contributed by atoms with E-state index in [1.54, 1.807) is 28.7 Å². The first kappa shape index (κ1) is 34.4. The number of carboxylic acids is 1. The van der Waals surface area contributed by atoms with Crippen molar-refractivity contribution in [1.29, 1.82) is 5.26 Å². The van der Waals surface area contributed by atoms with Crippen molar-refractivity contribution in [2.75, 3.05) is 11.6 Å². The Kier molecular flexibility index (Phi) is 10.4. The second-order valence-corrected chi connectivity index (χ2v) is 15.7. The topological polar surface area (TPSA) is 98.8 Å². The molecule has 3 aromatic carbocycles. The number of aryl methyl sites for hydroxylation is 1. The summed E-state index contributed by atoms with van der Waals surface area (Å²) in [6.45, 7) is 5.05. The number of benzene rings is 3. The van der Waals surface area contributed by atoms with Crippen molar-refractivity contribution >= 4 is 67.7 Å². The largest absolute Gasteiger partial charge is 0.494 e. The minimum Gasteiger partial charge on any atom is -0.494 e. The number of fused-ring (bicyclic) bond motifs is 1. The summed E-state index contributed by atoms with van der Waals surface area (Å²) in [5.74, 6) is -0.343. The number of carboxylic acid groups (broad SMARTS) is 1. The summed E-state index contributed by atoms with van der Waals surface area (Å²) in [5.41, 5.74) is 6.22. The lowest BCUT2D eigenvalue weighted by atomic mass is 10.0. The fourth-order valence-corrected chi connectivity index (χ4v) is 9.16. The number of thiazole rings is 1. The highest BCUT2D eigenvalue weighted by molar-refractivity contribution is 7.23. The Bertz CT molecular complexity index is 2270. The molecule has 51 heavy (non-hydrogen) atoms. The molecular weight excluding hydrogens is 693 g/mol. The van der Waals surface area contributed by atoms with E-state index in [1.807, 2.05) is 12.1 Å². The van der Waals surface area contributed by atoms with Crippen LogP contribution in [0.15, 0.2) is 102 Å². The molecule has 0 fully saturated rings. The Morgan fingerprint density at radius 2 is 1.71 bits per heavy atom. The third-order valence-corrected chi connectivity index (χ3v) is 12.2. The SMILES string of the molecule is CCCCCCOc1ccc(C2CC(c3ccc(-c4ccc(C=C(C#N)C(=O)O)s4)s3)=NN2c2ccc(-c3nc4ccc(C)cc4s3)cc2)cc1. The number of aliphatic carboxylic acids is 1. The van der Waals surface area contributed by atoms with Crippen molar-refractivity contribution in [3.05, 3.63) is 117 Å². The summed E-state index contributed by atoms with van der Waals surface area (Å²) in [5, 5.41) is 26.8. The van der Waals surface area contributed by atoms with Crippen LogP contribution in [0.3, 0.4) is 0 Å². The van der Waals surface area contributed by atoms with E-state index in [2.05, 4.69) is 97.7 Å². The first-order chi connectivity index (χ1) is 24.9. The van der Waals surface area contributed by atoms with Gasteiger partial charge in [-0.1, -0.05) is 44.4 Å². The van der Waals surface area contributed by atoms with Crippen LogP contribution in [0.4, 0.5) is 5.69 Å². The van der Waals surface area contributed by atoms with E-state index in [1.165, 1.54) is 46.9 Å². The Morgan fingerprint density at radius 3 is 2.47 bits per heavy atom. The fourth-order valence-electron chi connectivity index (χ4n) is 6.05. The highest BCUT2D eigenvalue weighted by Gasteiger charge is 2.31. The van der Waals surface area contributed by atoms with E-state index in [0.29, 0.717) is 0 Å². The monoisotopic (exact) mass is 728 g/mol. The van der Waals surface area contributed by atoms with Crippen LogP contribution in [0.5, 0.6) is 5.75 Å². The molecule has 1 aliphatic rings. The number of nitriles is 1. The van der Waals surface area contributed by atoms with Gasteiger partial charge in [0.25, 0.3) is 0 Å². The van der Waals surface area contributed by atoms with Crippen molar-refractivity contribution in [2.45, 2.75) is 52.0 Å². The molecular formula is C41H36N4O3S3. The second-order valence-electron chi connectivity index (χ2n) is 12.5. The van der Waals surface area contributed by atoms with Gasteiger partial charge in [0.2, 0.25) is 0 Å². The van der Waals surface area contributed by atoms with Gasteiger partial charge in [-0.05, 0) is 103 Å². The van der Waals surface area contributed by atoms with Gasteiger partial charge in [0.1, 0.15) is 22.4 Å². The zero-order chi connectivity index (χ0) is 35.3. The van der Waals surface area contributed by atoms with Crippen LogP contribution in [0.2, 0.25) is 0 Å². The predicted octanol–water partition coefficient (Wildman–Crippen LogP) is 11.4. The number of rotatable bonds is 13. The number of hydrogen-bond donors (Lipinski definition) is 1. The molecule has 4 heterocycles. The lowest BCUT2D eigenvalue weighted by Crippen LogP contribution is -2.18. The van der Waals surface area contributed by atoms with Crippen LogP contribution in [0.1, 0.15) is 66.0 Å². The summed E-state index contributed by atoms with van der Waals surface area (Å²) in [7, 11) is 0. The summed E-state index contributed by atoms with van der Waals surface area (Å²) in [4.78, 5) is 20.1. The van der Waals surface area contributed by atoms with Crippen LogP contribution >= 0.6 is 34.0 Å². The van der Waals surface area contributed by atoms with Crippen molar-refractivity contribution < 1.29 is 14.6 Å². The number of unbranched alkanes of at least 4 members (excludes halogenated alkanes) is 3. The van der Waals surface area contributed by atoms with Crippen molar-refractivity contribution in [1.82, 2.24) is 4.98 Å². The molecule has 0 amide bonds. The van der Waals surface area contributed by atoms with Crippen LogP contribution in [-0.4, -0.2) is 28.4 Å². The molecule has 1 aliphatic heterocycles. The molecule has 0 spiro atoms. The number of hydrazone groups is 1. The molecule has 0 radical (unpaired) electrons. The zero-order valence-corrected chi connectivity index (χ0v) is 30.8. The van der Waals surface area contributed by atoms with Crippen LogP contribution in [-0.2, 0) is 4.79 Å². The summed E-state index contributed by atoms with van der Waals surface area (Å²) >= 11 is 4.84. The Hall–Kier alpha value is -5.08. The zero-order valence-electron chi connectivity index (χ0n) is 28.3. The molecule has 7 rings (SSSR count). The van der Waals surface area contributed by atoms with E-state index < -0.39 is 5.97 Å². The molecule has 0 saturated heterocycles. The Morgan fingerprint density at radius 1 is 0.941 bits per heavy atom. The van der Waals surface area contributed by atoms with Crippen LogP contribution in [0.25, 0.3) is 36.6 Å². The maximum Gasteiger partial charge on any atom is 0.346 e. The third kappa shape index (κ3) is 7.81. The Balaban J connectivity index is 1.15. The van der Waals surface area contributed by atoms with E-state index in [-0.39, 0.29) is 11.6 Å². The average Bonchev–Trinajstić information content (AvgIpc) is 3.96. The third-order valence-electron chi connectivity index (χ3n) is 8.76. The number of hydrogen-bond acceptors (Lipinski definition) is 9. The van der Waals surface area contributed by atoms with Crippen molar-refractivity contribution in [3.8, 4) is 32.1 Å². The lowest BCUT2D eigenvalue weighted by molar-refractivity contribution is -0.132. The summed E-state index contributed by atoms with van der Waals surface area (Å²) in [6.07, 6.45) is 6.84. The van der Waals surface area contributed by atoms with Gasteiger partial charge in [0.15, 0.2) is 0 Å². The fraction of sp³-hybridized carbons (Fsp3) is 0.220. The lowest BCUT2D eigenvalue weighted by Gasteiger charge is -2.24. The number of anilines is 1. The van der Waals surface area contributed by atoms with Gasteiger partial charge < -0.3 is 9.84 Å².